The van der Waals surface area contributed by atoms with Crippen LogP contribution in [0.25, 0.3) is 0 Å². The van der Waals surface area contributed by atoms with Crippen LogP contribution in [0.1, 0.15) is 46.9 Å². The minimum atomic E-state index is -0.207. The van der Waals surface area contributed by atoms with E-state index in [4.69, 9.17) is 5.73 Å². The maximum absolute atomic E-state index is 12.1. The first kappa shape index (κ1) is 16.2. The molecule has 0 heterocycles. The second kappa shape index (κ2) is 8.32. The van der Waals surface area contributed by atoms with E-state index in [0.29, 0.717) is 17.7 Å². The topological polar surface area (TPSA) is 84.2 Å². The predicted octanol–water partition coefficient (Wildman–Crippen LogP) is 1.29. The number of unbranched alkanes of at least 4 members (excludes halogenated alkanes) is 1. The molecule has 0 saturated carbocycles. The van der Waals surface area contributed by atoms with Crippen molar-refractivity contribution < 1.29 is 9.59 Å². The Labute approximate surface area is 119 Å². The first-order chi connectivity index (χ1) is 9.62. The zero-order valence-electron chi connectivity index (χ0n) is 12.1. The van der Waals surface area contributed by atoms with Crippen molar-refractivity contribution in [2.24, 2.45) is 5.73 Å². The molecule has 1 aromatic carbocycles. The van der Waals surface area contributed by atoms with E-state index in [1.54, 1.807) is 31.3 Å². The molecular weight excluding hydrogens is 254 g/mol. The van der Waals surface area contributed by atoms with Crippen molar-refractivity contribution in [2.45, 2.75) is 32.2 Å². The average molecular weight is 277 g/mol. The third-order valence-electron chi connectivity index (χ3n) is 3.14. The van der Waals surface area contributed by atoms with Crippen LogP contribution in [-0.2, 0) is 0 Å². The molecule has 110 valence electrons. The second-order valence-electron chi connectivity index (χ2n) is 4.71. The third-order valence-corrected chi connectivity index (χ3v) is 3.14. The lowest BCUT2D eigenvalue weighted by Gasteiger charge is -2.16. The highest BCUT2D eigenvalue weighted by Gasteiger charge is 2.13. The van der Waals surface area contributed by atoms with Gasteiger partial charge in [0, 0.05) is 30.8 Å². The molecule has 0 aliphatic carbocycles. The largest absolute Gasteiger partial charge is 0.355 e. The molecule has 1 rings (SSSR count). The molecule has 0 aromatic heterocycles. The number of benzene rings is 1. The predicted molar refractivity (Wildman–Crippen MR) is 79.7 cm³/mol. The maximum Gasteiger partial charge on any atom is 0.251 e. The molecule has 5 nitrogen and oxygen atoms in total. The summed E-state index contributed by atoms with van der Waals surface area (Å²) in [4.78, 5) is 23.7. The smallest absolute Gasteiger partial charge is 0.251 e. The molecule has 0 spiro atoms. The number of carbonyl (C=O) groups is 2. The summed E-state index contributed by atoms with van der Waals surface area (Å²) in [6.45, 7) is 2.52. The highest BCUT2D eigenvalue weighted by Crippen LogP contribution is 2.07. The van der Waals surface area contributed by atoms with Gasteiger partial charge in [0.25, 0.3) is 11.8 Å². The van der Waals surface area contributed by atoms with E-state index in [1.165, 1.54) is 0 Å². The minimum Gasteiger partial charge on any atom is -0.355 e. The van der Waals surface area contributed by atoms with Crippen molar-refractivity contribution >= 4 is 11.8 Å². The molecule has 0 fully saturated rings. The molecule has 5 heteroatoms. The van der Waals surface area contributed by atoms with Gasteiger partial charge in [-0.2, -0.15) is 0 Å². The standard InChI is InChI=1S/C15H23N3O2/c1-3-4-8-13(10-16)18-15(20)12-7-5-6-11(9-12)14(19)17-2/h5-7,9,13H,3-4,8,10,16H2,1-2H3,(H,17,19)(H,18,20). The van der Waals surface area contributed by atoms with Crippen LogP contribution in [0.5, 0.6) is 0 Å². The first-order valence-corrected chi connectivity index (χ1v) is 6.95. The summed E-state index contributed by atoms with van der Waals surface area (Å²) in [6, 6.07) is 6.62. The Bertz CT molecular complexity index is 460. The monoisotopic (exact) mass is 277 g/mol. The van der Waals surface area contributed by atoms with Crippen molar-refractivity contribution in [3.05, 3.63) is 35.4 Å². The van der Waals surface area contributed by atoms with Crippen molar-refractivity contribution in [1.29, 1.82) is 0 Å². The van der Waals surface area contributed by atoms with Gasteiger partial charge >= 0.3 is 0 Å². The van der Waals surface area contributed by atoms with E-state index in [-0.39, 0.29) is 17.9 Å². The van der Waals surface area contributed by atoms with Crippen LogP contribution >= 0.6 is 0 Å². The normalized spacial score (nSPS) is 11.8. The van der Waals surface area contributed by atoms with Crippen molar-refractivity contribution in [3.63, 3.8) is 0 Å². The van der Waals surface area contributed by atoms with Gasteiger partial charge in [0.05, 0.1) is 0 Å². The number of hydrogen-bond donors (Lipinski definition) is 3. The molecule has 0 aliphatic rings. The molecule has 0 aliphatic heterocycles. The third kappa shape index (κ3) is 4.66. The molecule has 4 N–H and O–H groups in total. The number of carbonyl (C=O) groups excluding carboxylic acids is 2. The first-order valence-electron chi connectivity index (χ1n) is 6.95. The summed E-state index contributed by atoms with van der Waals surface area (Å²) in [5.74, 6) is -0.400. The Morgan fingerprint density at radius 2 is 1.90 bits per heavy atom. The molecule has 0 radical (unpaired) electrons. The number of nitrogens with one attached hydrogen (secondary N) is 2. The lowest BCUT2D eigenvalue weighted by atomic mass is 10.1. The fourth-order valence-electron chi connectivity index (χ4n) is 1.91. The van der Waals surface area contributed by atoms with Gasteiger partial charge in [-0.15, -0.1) is 0 Å². The summed E-state index contributed by atoms with van der Waals surface area (Å²) >= 11 is 0. The summed E-state index contributed by atoms with van der Waals surface area (Å²) < 4.78 is 0. The highest BCUT2D eigenvalue weighted by atomic mass is 16.2. The van der Waals surface area contributed by atoms with Crippen LogP contribution in [0.2, 0.25) is 0 Å². The fourth-order valence-corrected chi connectivity index (χ4v) is 1.91. The Balaban J connectivity index is 2.73. The zero-order valence-corrected chi connectivity index (χ0v) is 12.1. The van der Waals surface area contributed by atoms with Crippen LogP contribution in [0.15, 0.2) is 24.3 Å². The lowest BCUT2D eigenvalue weighted by Crippen LogP contribution is -2.40. The van der Waals surface area contributed by atoms with Gasteiger partial charge in [-0.1, -0.05) is 25.8 Å². The number of hydrogen-bond acceptors (Lipinski definition) is 3. The summed E-state index contributed by atoms with van der Waals surface area (Å²) in [5.41, 5.74) is 6.60. The quantitative estimate of drug-likeness (QED) is 0.702. The van der Waals surface area contributed by atoms with Gasteiger partial charge < -0.3 is 16.4 Å². The van der Waals surface area contributed by atoms with E-state index in [0.717, 1.165) is 19.3 Å². The lowest BCUT2D eigenvalue weighted by molar-refractivity contribution is 0.0935. The highest BCUT2D eigenvalue weighted by molar-refractivity contribution is 5.99. The van der Waals surface area contributed by atoms with E-state index in [9.17, 15) is 9.59 Å². The Kier molecular flexibility index (Phi) is 6.73. The Morgan fingerprint density at radius 3 is 2.45 bits per heavy atom. The molecule has 2 amide bonds. The Morgan fingerprint density at radius 1 is 1.25 bits per heavy atom. The summed E-state index contributed by atoms with van der Waals surface area (Å²) in [5, 5.41) is 5.44. The molecular formula is C15H23N3O2. The van der Waals surface area contributed by atoms with E-state index < -0.39 is 0 Å². The van der Waals surface area contributed by atoms with Gasteiger partial charge in [0.15, 0.2) is 0 Å². The van der Waals surface area contributed by atoms with Crippen molar-refractivity contribution in [3.8, 4) is 0 Å². The zero-order chi connectivity index (χ0) is 15.0. The van der Waals surface area contributed by atoms with Gasteiger partial charge in [0.2, 0.25) is 0 Å². The number of nitrogens with two attached hydrogens (primary N) is 1. The second-order valence-corrected chi connectivity index (χ2v) is 4.71. The van der Waals surface area contributed by atoms with Crippen molar-refractivity contribution in [1.82, 2.24) is 10.6 Å². The Hall–Kier alpha value is -1.88. The summed E-state index contributed by atoms with van der Waals surface area (Å²) in [7, 11) is 1.56. The van der Waals surface area contributed by atoms with Crippen LogP contribution in [0.3, 0.4) is 0 Å². The number of rotatable bonds is 7. The summed E-state index contributed by atoms with van der Waals surface area (Å²) in [6.07, 6.45) is 2.97. The van der Waals surface area contributed by atoms with Gasteiger partial charge in [0.1, 0.15) is 0 Å². The van der Waals surface area contributed by atoms with Gasteiger partial charge in [-0.3, -0.25) is 9.59 Å². The molecule has 0 saturated heterocycles. The molecule has 0 bridgehead atoms. The molecule has 1 aromatic rings. The molecule has 20 heavy (non-hydrogen) atoms. The van der Waals surface area contributed by atoms with Crippen LogP contribution < -0.4 is 16.4 Å². The van der Waals surface area contributed by atoms with E-state index in [2.05, 4.69) is 17.6 Å². The van der Waals surface area contributed by atoms with Crippen molar-refractivity contribution in [2.75, 3.05) is 13.6 Å². The van der Waals surface area contributed by atoms with Crippen LogP contribution in [0.4, 0.5) is 0 Å². The number of amides is 2. The average Bonchev–Trinajstić information content (AvgIpc) is 2.50. The van der Waals surface area contributed by atoms with Crippen LogP contribution in [0, 0.1) is 0 Å². The van der Waals surface area contributed by atoms with Crippen LogP contribution in [-0.4, -0.2) is 31.4 Å². The molecule has 1 atom stereocenters. The van der Waals surface area contributed by atoms with E-state index >= 15 is 0 Å². The SMILES string of the molecule is CCCCC(CN)NC(=O)c1cccc(C(=O)NC)c1. The maximum atomic E-state index is 12.1. The minimum absolute atomic E-state index is 0.0221. The molecule has 1 unspecified atom stereocenters. The van der Waals surface area contributed by atoms with Gasteiger partial charge in [-0.25, -0.2) is 0 Å². The van der Waals surface area contributed by atoms with E-state index in [1.807, 2.05) is 0 Å². The fraction of sp³-hybridized carbons (Fsp3) is 0.467. The van der Waals surface area contributed by atoms with Gasteiger partial charge in [-0.05, 0) is 24.6 Å².